The van der Waals surface area contributed by atoms with Crippen LogP contribution in [-0.2, 0) is 43.4 Å². The molecule has 0 radical (unpaired) electrons. The summed E-state index contributed by atoms with van der Waals surface area (Å²) in [5.74, 6) is 1.07. The predicted molar refractivity (Wildman–Crippen MR) is 193 cm³/mol. The number of allylic oxidation sites excluding steroid dienone is 8. The van der Waals surface area contributed by atoms with Crippen molar-refractivity contribution in [2.24, 2.45) is 11.8 Å². The van der Waals surface area contributed by atoms with Crippen LogP contribution in [-0.4, -0.2) is 27.5 Å². The van der Waals surface area contributed by atoms with Gasteiger partial charge in [-0.3, -0.25) is 0 Å². The van der Waals surface area contributed by atoms with Crippen LogP contribution in [0.3, 0.4) is 0 Å². The Morgan fingerprint density at radius 2 is 0.732 bits per heavy atom. The molecule has 0 aliphatic heterocycles. The normalized spacial score (nSPS) is 21.4. The fourth-order valence-corrected chi connectivity index (χ4v) is 21.6. The predicted octanol–water partition coefficient (Wildman–Crippen LogP) is 12.4. The SMILES string of the molecule is CC1=C(C)C(C)C(C)=C1[Si](C)(C[Si](C)([N-]C(C)(C)C)C1=C(C)C(C)C(C)=C1C)[N-]C(C)(C)C.[CH3-].[CH3-].[CH3-].[CH3-].[CH3-].[CH3-].[Ti+4].[Ti+4]. The molecule has 0 fully saturated rings. The second kappa shape index (κ2) is 19.3. The van der Waals surface area contributed by atoms with Gasteiger partial charge in [-0.05, 0) is 69.8 Å². The maximum Gasteiger partial charge on any atom is 4.00 e. The molecule has 2 rings (SSSR count). The summed E-state index contributed by atoms with van der Waals surface area (Å²) >= 11 is 0. The van der Waals surface area contributed by atoms with Crippen LogP contribution in [0.2, 0.25) is 18.8 Å². The zero-order valence-electron chi connectivity index (χ0n) is 31.8. The summed E-state index contributed by atoms with van der Waals surface area (Å²) in [6.07, 6.45) is 0. The van der Waals surface area contributed by atoms with Crippen molar-refractivity contribution in [3.63, 3.8) is 0 Å². The monoisotopic (exact) mass is 670 g/mol. The number of hydrogen-bond donors (Lipinski definition) is 0. The van der Waals surface area contributed by atoms with E-state index < -0.39 is 16.5 Å². The Morgan fingerprint density at radius 3 is 0.878 bits per heavy atom. The van der Waals surface area contributed by atoms with E-state index in [9.17, 15) is 0 Å². The van der Waals surface area contributed by atoms with Crippen molar-refractivity contribution in [1.82, 2.24) is 0 Å². The minimum atomic E-state index is -2.21. The van der Waals surface area contributed by atoms with Crippen LogP contribution in [0.1, 0.15) is 96.9 Å². The number of nitrogens with zero attached hydrogens (tertiary/aromatic N) is 2. The van der Waals surface area contributed by atoms with Crippen molar-refractivity contribution >= 4 is 16.5 Å². The Morgan fingerprint density at radius 1 is 0.512 bits per heavy atom. The number of rotatable bonds is 6. The summed E-state index contributed by atoms with van der Waals surface area (Å²) in [7, 11) is -4.42. The van der Waals surface area contributed by atoms with E-state index in [1.54, 1.807) is 32.7 Å². The molecule has 0 saturated heterocycles. The van der Waals surface area contributed by atoms with E-state index in [0.717, 1.165) is 5.67 Å². The Bertz CT molecular complexity index is 872. The fraction of sp³-hybridized carbons (Fsp3) is 0.600. The molecule has 0 bridgehead atoms. The third kappa shape index (κ3) is 12.2. The maximum atomic E-state index is 5.75. The first-order valence-corrected chi connectivity index (χ1v) is 18.2. The molecule has 6 heteroatoms. The standard InChI is InChI=1S/C29H52N2Si2.6CH3.2Ti/c1-18-19(2)23(6)26(22(18)5)32(15,30-28(9,10)11)17-33(16,31-29(12,13)14)27-24(7)20(3)21(4)25(27)8;;;;;;;;/h18,20H,17H2,1-16H3;6*1H3;;/q-2;6*-1;2*+4. The minimum Gasteiger partial charge on any atom is -0.656 e. The third-order valence-corrected chi connectivity index (χ3v) is 19.8. The van der Waals surface area contributed by atoms with Crippen LogP contribution in [0.4, 0.5) is 0 Å². The number of hydrogen-bond acceptors (Lipinski definition) is 0. The molecule has 0 amide bonds. The molecule has 0 spiro atoms. The van der Waals surface area contributed by atoms with Crippen molar-refractivity contribution in [2.45, 2.75) is 127 Å². The first-order valence-electron chi connectivity index (χ1n) is 12.9. The zero-order valence-corrected chi connectivity index (χ0v) is 36.9. The van der Waals surface area contributed by atoms with Crippen LogP contribution in [0, 0.1) is 56.4 Å². The summed E-state index contributed by atoms with van der Waals surface area (Å²) < 4.78 is 0. The van der Waals surface area contributed by atoms with Gasteiger partial charge in [-0.1, -0.05) is 118 Å². The average molecular weight is 671 g/mol. The first kappa shape index (κ1) is 57.4. The van der Waals surface area contributed by atoms with E-state index in [0.29, 0.717) is 11.8 Å². The van der Waals surface area contributed by atoms with Crippen LogP contribution in [0.15, 0.2) is 43.8 Å². The van der Waals surface area contributed by atoms with Crippen LogP contribution in [0.25, 0.3) is 9.96 Å². The molecule has 0 aromatic heterocycles. The second-order valence-corrected chi connectivity index (χ2v) is 21.4. The van der Waals surface area contributed by atoms with E-state index in [1.165, 1.54) is 11.1 Å². The van der Waals surface area contributed by atoms with E-state index in [-0.39, 0.29) is 99.1 Å². The Balaban J connectivity index is -0.000000289. The van der Waals surface area contributed by atoms with Crippen molar-refractivity contribution < 1.29 is 43.4 Å². The van der Waals surface area contributed by atoms with Gasteiger partial charge in [0.05, 0.1) is 0 Å². The molecular formula is C35H70N2Si2Ti2. The minimum absolute atomic E-state index is 0. The van der Waals surface area contributed by atoms with Gasteiger partial charge in [0.2, 0.25) is 0 Å². The van der Waals surface area contributed by atoms with Crippen LogP contribution < -0.4 is 0 Å². The van der Waals surface area contributed by atoms with Gasteiger partial charge in [-0.25, -0.2) is 0 Å². The molecule has 0 aromatic carbocycles. The molecule has 4 atom stereocenters. The van der Waals surface area contributed by atoms with Crippen molar-refractivity contribution in [3.05, 3.63) is 98.4 Å². The molecule has 0 aromatic rings. The summed E-state index contributed by atoms with van der Waals surface area (Å²) in [5, 5.41) is 3.24. The van der Waals surface area contributed by atoms with Gasteiger partial charge in [0.15, 0.2) is 0 Å². The Labute approximate surface area is 294 Å². The largest absolute Gasteiger partial charge is 4.00 e. The average Bonchev–Trinajstić information content (AvgIpc) is 2.91. The Kier molecular flexibility index (Phi) is 27.0. The summed E-state index contributed by atoms with van der Waals surface area (Å²) in [5.41, 5.74) is 10.3. The van der Waals surface area contributed by atoms with Gasteiger partial charge in [0, 0.05) is 0 Å². The fourth-order valence-electron chi connectivity index (χ4n) is 6.89. The maximum absolute atomic E-state index is 5.75. The van der Waals surface area contributed by atoms with E-state index in [2.05, 4.69) is 110 Å². The van der Waals surface area contributed by atoms with Crippen molar-refractivity contribution in [1.29, 1.82) is 0 Å². The van der Waals surface area contributed by atoms with E-state index >= 15 is 0 Å². The molecule has 0 saturated carbocycles. The quantitative estimate of drug-likeness (QED) is 0.199. The van der Waals surface area contributed by atoms with Gasteiger partial charge < -0.3 is 54.5 Å². The molecule has 2 aliphatic carbocycles. The molecule has 4 unspecified atom stereocenters. The molecule has 2 nitrogen and oxygen atoms in total. The topological polar surface area (TPSA) is 28.2 Å². The van der Waals surface area contributed by atoms with Crippen LogP contribution >= 0.6 is 0 Å². The molecular weight excluding hydrogens is 600 g/mol. The Hall–Kier alpha value is 0.742. The second-order valence-electron chi connectivity index (χ2n) is 13.5. The summed E-state index contributed by atoms with van der Waals surface area (Å²) in [6, 6.07) is 0. The molecule has 2 aliphatic rings. The molecule has 236 valence electrons. The summed E-state index contributed by atoms with van der Waals surface area (Å²) in [6.45, 7) is 37.7. The third-order valence-electron chi connectivity index (χ3n) is 8.25. The summed E-state index contributed by atoms with van der Waals surface area (Å²) in [4.78, 5) is 11.5. The first-order chi connectivity index (χ1) is 14.7. The van der Waals surface area contributed by atoms with Gasteiger partial charge >= 0.3 is 43.4 Å². The van der Waals surface area contributed by atoms with E-state index in [4.69, 9.17) is 9.96 Å². The smallest absolute Gasteiger partial charge is 0.656 e. The van der Waals surface area contributed by atoms with Gasteiger partial charge in [0.1, 0.15) is 0 Å². The van der Waals surface area contributed by atoms with Crippen molar-refractivity contribution in [2.75, 3.05) is 0 Å². The van der Waals surface area contributed by atoms with Crippen LogP contribution in [0.5, 0.6) is 0 Å². The van der Waals surface area contributed by atoms with Gasteiger partial charge in [-0.2, -0.15) is 0 Å². The zero-order chi connectivity index (χ0) is 25.9. The molecule has 41 heavy (non-hydrogen) atoms. The molecule has 0 N–H and O–H groups in total. The van der Waals surface area contributed by atoms with Gasteiger partial charge in [0.25, 0.3) is 0 Å². The van der Waals surface area contributed by atoms with Gasteiger partial charge in [-0.15, -0.1) is 11.1 Å². The molecule has 0 heterocycles. The van der Waals surface area contributed by atoms with E-state index in [1.807, 2.05) is 0 Å². The van der Waals surface area contributed by atoms with Crippen molar-refractivity contribution in [3.8, 4) is 0 Å².